The van der Waals surface area contributed by atoms with Gasteiger partial charge in [-0.1, -0.05) is 17.3 Å². The van der Waals surface area contributed by atoms with Crippen LogP contribution in [-0.4, -0.2) is 34.0 Å². The first kappa shape index (κ1) is 16.2. The Hall–Kier alpha value is -2.28. The number of nitrogens with zero attached hydrogens (tertiary/aromatic N) is 3. The molecule has 1 saturated carbocycles. The second-order valence-corrected chi connectivity index (χ2v) is 6.96. The van der Waals surface area contributed by atoms with Crippen LogP contribution >= 0.6 is 0 Å². The molecule has 1 aromatic carbocycles. The number of carbonyl (C=O) groups excluding carboxylic acids is 1. The van der Waals surface area contributed by atoms with Gasteiger partial charge in [0.1, 0.15) is 11.9 Å². The molecule has 2 aliphatic rings. The molecule has 0 spiro atoms. The number of hydrogen-bond donors (Lipinski definition) is 1. The van der Waals surface area contributed by atoms with E-state index in [9.17, 15) is 9.18 Å². The van der Waals surface area contributed by atoms with E-state index in [1.54, 1.807) is 12.1 Å². The molecule has 2 fully saturated rings. The highest BCUT2D eigenvalue weighted by Crippen LogP contribution is 2.40. The zero-order chi connectivity index (χ0) is 17.4. The fraction of sp³-hybridized carbons (Fsp3) is 0.500. The summed E-state index contributed by atoms with van der Waals surface area (Å²) in [7, 11) is 0. The Balaban J connectivity index is 1.53. The monoisotopic (exact) mass is 344 g/mol. The Morgan fingerprint density at radius 3 is 2.68 bits per heavy atom. The van der Waals surface area contributed by atoms with E-state index in [2.05, 4.69) is 10.1 Å². The summed E-state index contributed by atoms with van der Waals surface area (Å²) in [6.45, 7) is 1.39. The lowest BCUT2D eigenvalue weighted by atomic mass is 9.94. The number of carbonyl (C=O) groups is 1. The van der Waals surface area contributed by atoms with Crippen LogP contribution in [0.2, 0.25) is 0 Å². The predicted octanol–water partition coefficient (Wildman–Crippen LogP) is 2.49. The van der Waals surface area contributed by atoms with Gasteiger partial charge in [-0.25, -0.2) is 4.39 Å². The first-order valence-corrected chi connectivity index (χ1v) is 8.74. The number of aromatic nitrogens is 2. The standard InChI is InChI=1S/C18H21FN4O2/c19-14-7-5-11(6-8-14)15(16(20)24)23-9-1-2-13(10-23)17-21-18(25-22-17)12-3-4-12/h5-8,12-13,15H,1-4,9-10H2,(H2,20,24)/t13-,15+/m1/s1. The third-order valence-electron chi connectivity index (χ3n) is 5.02. The maximum Gasteiger partial charge on any atom is 0.239 e. The van der Waals surface area contributed by atoms with Crippen molar-refractivity contribution < 1.29 is 13.7 Å². The van der Waals surface area contributed by atoms with E-state index in [0.29, 0.717) is 23.9 Å². The van der Waals surface area contributed by atoms with Crippen LogP contribution < -0.4 is 5.73 Å². The van der Waals surface area contributed by atoms with Gasteiger partial charge in [-0.05, 0) is 49.9 Å². The van der Waals surface area contributed by atoms with Gasteiger partial charge in [0.25, 0.3) is 0 Å². The third kappa shape index (κ3) is 3.42. The Labute approximate surface area is 145 Å². The Morgan fingerprint density at radius 1 is 1.24 bits per heavy atom. The SMILES string of the molecule is NC(=O)[C@H](c1ccc(F)cc1)N1CCC[C@@H](c2noc(C3CC3)n2)C1. The van der Waals surface area contributed by atoms with Gasteiger partial charge in [-0.3, -0.25) is 9.69 Å². The molecular weight excluding hydrogens is 323 g/mol. The van der Waals surface area contributed by atoms with Gasteiger partial charge in [-0.2, -0.15) is 4.98 Å². The van der Waals surface area contributed by atoms with Crippen LogP contribution in [0, 0.1) is 5.82 Å². The first-order chi connectivity index (χ1) is 12.1. The highest BCUT2D eigenvalue weighted by atomic mass is 19.1. The van der Waals surface area contributed by atoms with Gasteiger partial charge in [0, 0.05) is 18.4 Å². The van der Waals surface area contributed by atoms with Crippen molar-refractivity contribution in [2.75, 3.05) is 13.1 Å². The van der Waals surface area contributed by atoms with Gasteiger partial charge in [0.15, 0.2) is 5.82 Å². The molecule has 1 aliphatic heterocycles. The van der Waals surface area contributed by atoms with Crippen molar-refractivity contribution in [3.8, 4) is 0 Å². The molecule has 2 aromatic rings. The quantitative estimate of drug-likeness (QED) is 0.901. The van der Waals surface area contributed by atoms with Crippen LogP contribution in [0.15, 0.2) is 28.8 Å². The van der Waals surface area contributed by atoms with Crippen molar-refractivity contribution in [3.05, 3.63) is 47.4 Å². The van der Waals surface area contributed by atoms with Crippen LogP contribution in [0.4, 0.5) is 4.39 Å². The van der Waals surface area contributed by atoms with Crippen molar-refractivity contribution in [2.45, 2.75) is 43.6 Å². The maximum atomic E-state index is 13.2. The summed E-state index contributed by atoms with van der Waals surface area (Å²) >= 11 is 0. The molecule has 1 aromatic heterocycles. The van der Waals surface area contributed by atoms with E-state index >= 15 is 0 Å². The van der Waals surface area contributed by atoms with Crippen LogP contribution in [-0.2, 0) is 4.79 Å². The number of benzene rings is 1. The van der Waals surface area contributed by atoms with E-state index in [0.717, 1.165) is 38.1 Å². The van der Waals surface area contributed by atoms with Crippen molar-refractivity contribution in [1.29, 1.82) is 0 Å². The van der Waals surface area contributed by atoms with Gasteiger partial charge in [-0.15, -0.1) is 0 Å². The molecule has 0 unspecified atom stereocenters. The lowest BCUT2D eigenvalue weighted by molar-refractivity contribution is -0.124. The number of amides is 1. The van der Waals surface area contributed by atoms with Crippen LogP contribution in [0.1, 0.15) is 60.8 Å². The number of halogens is 1. The molecule has 4 rings (SSSR count). The lowest BCUT2D eigenvalue weighted by Gasteiger charge is -2.36. The summed E-state index contributed by atoms with van der Waals surface area (Å²) in [5.74, 6) is 1.23. The molecule has 132 valence electrons. The molecule has 1 amide bonds. The minimum absolute atomic E-state index is 0.118. The largest absolute Gasteiger partial charge is 0.368 e. The Morgan fingerprint density at radius 2 is 2.00 bits per heavy atom. The fourth-order valence-electron chi connectivity index (χ4n) is 3.56. The molecule has 7 heteroatoms. The Bertz CT molecular complexity index is 757. The molecule has 1 aliphatic carbocycles. The van der Waals surface area contributed by atoms with E-state index in [4.69, 9.17) is 10.3 Å². The summed E-state index contributed by atoms with van der Waals surface area (Å²) in [4.78, 5) is 18.7. The third-order valence-corrected chi connectivity index (χ3v) is 5.02. The highest BCUT2D eigenvalue weighted by Gasteiger charge is 2.35. The topological polar surface area (TPSA) is 85.3 Å². The molecule has 0 radical (unpaired) electrons. The number of nitrogens with two attached hydrogens (primary N) is 1. The highest BCUT2D eigenvalue weighted by molar-refractivity contribution is 5.81. The molecule has 1 saturated heterocycles. The van der Waals surface area contributed by atoms with Gasteiger partial charge >= 0.3 is 0 Å². The lowest BCUT2D eigenvalue weighted by Crippen LogP contribution is -2.43. The normalized spacial score (nSPS) is 22.7. The molecule has 2 N–H and O–H groups in total. The van der Waals surface area contributed by atoms with Crippen molar-refractivity contribution in [2.24, 2.45) is 5.73 Å². The average Bonchev–Trinajstić information content (AvgIpc) is 3.34. The Kier molecular flexibility index (Phi) is 4.25. The maximum absolute atomic E-state index is 13.2. The molecule has 2 heterocycles. The van der Waals surface area contributed by atoms with E-state index in [1.807, 2.05) is 4.90 Å². The summed E-state index contributed by atoms with van der Waals surface area (Å²) in [6.07, 6.45) is 4.11. The number of piperidine rings is 1. The summed E-state index contributed by atoms with van der Waals surface area (Å²) in [5.41, 5.74) is 6.36. The molecular formula is C18H21FN4O2. The van der Waals surface area contributed by atoms with Gasteiger partial charge in [0.05, 0.1) is 0 Å². The van der Waals surface area contributed by atoms with Crippen molar-refractivity contribution in [1.82, 2.24) is 15.0 Å². The van der Waals surface area contributed by atoms with Crippen LogP contribution in [0.25, 0.3) is 0 Å². The van der Waals surface area contributed by atoms with Gasteiger partial charge in [0.2, 0.25) is 11.8 Å². The molecule has 2 atom stereocenters. The van der Waals surface area contributed by atoms with Gasteiger partial charge < -0.3 is 10.3 Å². The average molecular weight is 344 g/mol. The van der Waals surface area contributed by atoms with Crippen molar-refractivity contribution >= 4 is 5.91 Å². The van der Waals surface area contributed by atoms with E-state index in [-0.39, 0.29) is 11.7 Å². The summed E-state index contributed by atoms with van der Waals surface area (Å²) in [5, 5.41) is 4.15. The minimum Gasteiger partial charge on any atom is -0.368 e. The first-order valence-electron chi connectivity index (χ1n) is 8.74. The van der Waals surface area contributed by atoms with Crippen LogP contribution in [0.5, 0.6) is 0 Å². The summed E-state index contributed by atoms with van der Waals surface area (Å²) < 4.78 is 18.6. The smallest absolute Gasteiger partial charge is 0.239 e. The second kappa shape index (κ2) is 6.55. The minimum atomic E-state index is -0.571. The number of rotatable bonds is 5. The number of hydrogen-bond acceptors (Lipinski definition) is 5. The van der Waals surface area contributed by atoms with Crippen molar-refractivity contribution in [3.63, 3.8) is 0 Å². The predicted molar refractivity (Wildman–Crippen MR) is 88.2 cm³/mol. The number of likely N-dealkylation sites (tertiary alicyclic amines) is 1. The van der Waals surface area contributed by atoms with E-state index < -0.39 is 11.9 Å². The van der Waals surface area contributed by atoms with Crippen LogP contribution in [0.3, 0.4) is 0 Å². The fourth-order valence-corrected chi connectivity index (χ4v) is 3.56. The molecule has 25 heavy (non-hydrogen) atoms. The summed E-state index contributed by atoms with van der Waals surface area (Å²) in [6, 6.07) is 5.38. The van der Waals surface area contributed by atoms with E-state index in [1.165, 1.54) is 12.1 Å². The zero-order valence-electron chi connectivity index (χ0n) is 13.9. The zero-order valence-corrected chi connectivity index (χ0v) is 13.9. The molecule has 0 bridgehead atoms. The molecule has 6 nitrogen and oxygen atoms in total. The second-order valence-electron chi connectivity index (χ2n) is 6.96. The number of primary amides is 1.